The molecule has 2 heterocycles. The first-order valence-electron chi connectivity index (χ1n) is 6.76. The van der Waals surface area contributed by atoms with E-state index in [0.717, 1.165) is 37.4 Å². The zero-order valence-corrected chi connectivity index (χ0v) is 10.8. The number of benzene rings is 1. The van der Waals surface area contributed by atoms with E-state index in [0.29, 0.717) is 0 Å². The monoisotopic (exact) mass is 252 g/mol. The van der Waals surface area contributed by atoms with Crippen LogP contribution in [0.3, 0.4) is 0 Å². The van der Waals surface area contributed by atoms with Crippen LogP contribution in [0.25, 0.3) is 0 Å². The smallest absolute Gasteiger partial charge is 0.136 e. The van der Waals surface area contributed by atoms with Gasteiger partial charge >= 0.3 is 0 Å². The summed E-state index contributed by atoms with van der Waals surface area (Å²) in [5.74, 6) is 1.12. The van der Waals surface area contributed by atoms with Crippen LogP contribution in [-0.4, -0.2) is 9.97 Å². The number of anilines is 2. The number of nitrogens with two attached hydrogens (primary N) is 1. The fourth-order valence-electron chi connectivity index (χ4n) is 3.18. The van der Waals surface area contributed by atoms with Crippen molar-refractivity contribution in [2.45, 2.75) is 32.4 Å². The first-order valence-corrected chi connectivity index (χ1v) is 6.76. The second-order valence-electron chi connectivity index (χ2n) is 5.36. The summed E-state index contributed by atoms with van der Waals surface area (Å²) in [5.41, 5.74) is 12.0. The summed E-state index contributed by atoms with van der Waals surface area (Å²) in [6.07, 6.45) is 5.12. The van der Waals surface area contributed by atoms with Gasteiger partial charge in [-0.3, -0.25) is 0 Å². The maximum absolute atomic E-state index is 5.86. The fourth-order valence-corrected chi connectivity index (χ4v) is 3.18. The molecular formula is C15H16N4. The highest BCUT2D eigenvalue weighted by atomic mass is 15.2. The molecule has 4 rings (SSSR count). The van der Waals surface area contributed by atoms with Crippen LogP contribution in [0.1, 0.15) is 28.8 Å². The van der Waals surface area contributed by atoms with Crippen LogP contribution in [0, 0.1) is 0 Å². The Hall–Kier alpha value is -2.10. The summed E-state index contributed by atoms with van der Waals surface area (Å²) in [7, 11) is 0. The average Bonchev–Trinajstić information content (AvgIpc) is 3.03. The van der Waals surface area contributed by atoms with Crippen molar-refractivity contribution < 1.29 is 0 Å². The second kappa shape index (κ2) is 3.95. The van der Waals surface area contributed by atoms with Gasteiger partial charge in [0.15, 0.2) is 0 Å². The molecule has 19 heavy (non-hydrogen) atoms. The van der Waals surface area contributed by atoms with Crippen molar-refractivity contribution in [1.29, 1.82) is 0 Å². The SMILES string of the molecule is Nc1ccc2c(c1)CN(c1ncnc3c1CCC3)C2. The van der Waals surface area contributed by atoms with Gasteiger partial charge < -0.3 is 10.6 Å². The number of aromatic nitrogens is 2. The first kappa shape index (κ1) is 10.8. The van der Waals surface area contributed by atoms with Crippen molar-refractivity contribution in [3.05, 3.63) is 46.9 Å². The number of aryl methyl sites for hydroxylation is 1. The lowest BCUT2D eigenvalue weighted by Gasteiger charge is -2.19. The van der Waals surface area contributed by atoms with Crippen LogP contribution >= 0.6 is 0 Å². The largest absolute Gasteiger partial charge is 0.399 e. The molecule has 1 aliphatic heterocycles. The quantitative estimate of drug-likeness (QED) is 0.789. The van der Waals surface area contributed by atoms with Gasteiger partial charge in [0.1, 0.15) is 12.1 Å². The van der Waals surface area contributed by atoms with E-state index < -0.39 is 0 Å². The van der Waals surface area contributed by atoms with E-state index in [4.69, 9.17) is 5.73 Å². The standard InChI is InChI=1S/C15H16N4/c16-12-5-4-10-7-19(8-11(10)6-12)15-13-2-1-3-14(13)17-9-18-15/h4-6,9H,1-3,7-8,16H2. The molecule has 0 unspecified atom stereocenters. The average molecular weight is 252 g/mol. The Bertz CT molecular complexity index is 651. The number of hydrogen-bond acceptors (Lipinski definition) is 4. The Morgan fingerprint density at radius 3 is 2.89 bits per heavy atom. The minimum absolute atomic E-state index is 0.841. The maximum atomic E-state index is 5.86. The molecule has 0 amide bonds. The van der Waals surface area contributed by atoms with E-state index >= 15 is 0 Å². The summed E-state index contributed by atoms with van der Waals surface area (Å²) in [6.45, 7) is 1.84. The van der Waals surface area contributed by atoms with E-state index in [1.807, 2.05) is 6.07 Å². The zero-order chi connectivity index (χ0) is 12.8. The minimum Gasteiger partial charge on any atom is -0.399 e. The molecule has 4 heteroatoms. The van der Waals surface area contributed by atoms with E-state index in [9.17, 15) is 0 Å². The molecule has 1 aromatic heterocycles. The maximum Gasteiger partial charge on any atom is 0.136 e. The molecule has 0 spiro atoms. The third kappa shape index (κ3) is 1.67. The topological polar surface area (TPSA) is 55.0 Å². The number of rotatable bonds is 1. The van der Waals surface area contributed by atoms with E-state index in [-0.39, 0.29) is 0 Å². The van der Waals surface area contributed by atoms with Crippen molar-refractivity contribution in [3.8, 4) is 0 Å². The molecule has 2 N–H and O–H groups in total. The van der Waals surface area contributed by atoms with Crippen molar-refractivity contribution in [2.75, 3.05) is 10.6 Å². The van der Waals surface area contributed by atoms with Crippen molar-refractivity contribution in [3.63, 3.8) is 0 Å². The zero-order valence-electron chi connectivity index (χ0n) is 10.8. The lowest BCUT2D eigenvalue weighted by atomic mass is 10.1. The number of nitrogens with zero attached hydrogens (tertiary/aromatic N) is 3. The summed E-state index contributed by atoms with van der Waals surface area (Å²) in [5, 5.41) is 0. The number of fused-ring (bicyclic) bond motifs is 2. The van der Waals surface area contributed by atoms with E-state index in [1.54, 1.807) is 6.33 Å². The van der Waals surface area contributed by atoms with Crippen LogP contribution in [0.2, 0.25) is 0 Å². The Labute approximate surface area is 112 Å². The molecule has 0 radical (unpaired) electrons. The molecule has 0 fully saturated rings. The Morgan fingerprint density at radius 1 is 1.05 bits per heavy atom. The third-order valence-electron chi connectivity index (χ3n) is 4.10. The first-order chi connectivity index (χ1) is 9.31. The molecule has 0 atom stereocenters. The van der Waals surface area contributed by atoms with Gasteiger partial charge in [-0.1, -0.05) is 6.07 Å². The van der Waals surface area contributed by atoms with Gasteiger partial charge in [0.05, 0.1) is 0 Å². The van der Waals surface area contributed by atoms with Gasteiger partial charge in [0.2, 0.25) is 0 Å². The van der Waals surface area contributed by atoms with Crippen molar-refractivity contribution in [1.82, 2.24) is 9.97 Å². The molecule has 2 aromatic rings. The van der Waals surface area contributed by atoms with Crippen LogP contribution in [-0.2, 0) is 25.9 Å². The third-order valence-corrected chi connectivity index (χ3v) is 4.10. The summed E-state index contributed by atoms with van der Waals surface area (Å²) in [6, 6.07) is 6.19. The van der Waals surface area contributed by atoms with Gasteiger partial charge in [-0.25, -0.2) is 9.97 Å². The van der Waals surface area contributed by atoms with Gasteiger partial charge in [-0.05, 0) is 42.5 Å². The molecule has 0 saturated carbocycles. The molecule has 0 bridgehead atoms. The highest BCUT2D eigenvalue weighted by Crippen LogP contribution is 2.33. The molecule has 2 aliphatic rings. The molecule has 96 valence electrons. The Morgan fingerprint density at radius 2 is 1.95 bits per heavy atom. The summed E-state index contributed by atoms with van der Waals surface area (Å²) >= 11 is 0. The lowest BCUT2D eigenvalue weighted by molar-refractivity contribution is 0.835. The van der Waals surface area contributed by atoms with Gasteiger partial charge in [-0.2, -0.15) is 0 Å². The molecular weight excluding hydrogens is 236 g/mol. The number of nitrogen functional groups attached to an aromatic ring is 1. The Kier molecular flexibility index (Phi) is 2.24. The predicted octanol–water partition coefficient (Wildman–Crippen LogP) is 2.07. The molecule has 4 nitrogen and oxygen atoms in total. The summed E-state index contributed by atoms with van der Waals surface area (Å²) < 4.78 is 0. The van der Waals surface area contributed by atoms with Gasteiger partial charge in [0, 0.05) is 30.0 Å². The van der Waals surface area contributed by atoms with Gasteiger partial charge in [-0.15, -0.1) is 0 Å². The number of hydrogen-bond donors (Lipinski definition) is 1. The van der Waals surface area contributed by atoms with Gasteiger partial charge in [0.25, 0.3) is 0 Å². The van der Waals surface area contributed by atoms with Crippen LogP contribution in [0.5, 0.6) is 0 Å². The molecule has 1 aromatic carbocycles. The van der Waals surface area contributed by atoms with E-state index in [2.05, 4.69) is 27.0 Å². The van der Waals surface area contributed by atoms with Crippen LogP contribution < -0.4 is 10.6 Å². The fraction of sp³-hybridized carbons (Fsp3) is 0.333. The predicted molar refractivity (Wildman–Crippen MR) is 74.8 cm³/mol. The highest BCUT2D eigenvalue weighted by molar-refractivity contribution is 5.56. The van der Waals surface area contributed by atoms with Crippen molar-refractivity contribution >= 4 is 11.5 Å². The van der Waals surface area contributed by atoms with Crippen molar-refractivity contribution in [2.24, 2.45) is 0 Å². The normalized spacial score (nSPS) is 16.5. The molecule has 1 aliphatic carbocycles. The second-order valence-corrected chi connectivity index (χ2v) is 5.36. The molecule has 0 saturated heterocycles. The highest BCUT2D eigenvalue weighted by Gasteiger charge is 2.25. The minimum atomic E-state index is 0.841. The van der Waals surface area contributed by atoms with Crippen LogP contribution in [0.4, 0.5) is 11.5 Å². The summed E-state index contributed by atoms with van der Waals surface area (Å²) in [4.78, 5) is 11.3. The Balaban J connectivity index is 1.72. The van der Waals surface area contributed by atoms with Crippen LogP contribution in [0.15, 0.2) is 24.5 Å². The lowest BCUT2D eigenvalue weighted by Crippen LogP contribution is -2.18. The van der Waals surface area contributed by atoms with E-state index in [1.165, 1.54) is 28.8 Å².